The highest BCUT2D eigenvalue weighted by Gasteiger charge is 2.09. The van der Waals surface area contributed by atoms with Crippen LogP contribution >= 0.6 is 15.9 Å². The molecule has 0 aliphatic carbocycles. The van der Waals surface area contributed by atoms with Crippen LogP contribution in [0, 0.1) is 11.8 Å². The Kier molecular flexibility index (Phi) is 5.50. The summed E-state index contributed by atoms with van der Waals surface area (Å²) in [6.45, 7) is 5.29. The van der Waals surface area contributed by atoms with Gasteiger partial charge in [-0.3, -0.25) is 0 Å². The molecule has 0 saturated carbocycles. The summed E-state index contributed by atoms with van der Waals surface area (Å²) in [5.41, 5.74) is 0. The van der Waals surface area contributed by atoms with E-state index < -0.39 is 0 Å². The summed E-state index contributed by atoms with van der Waals surface area (Å²) >= 11 is 3.44. The molecule has 0 amide bonds. The second kappa shape index (κ2) is 5.24. The van der Waals surface area contributed by atoms with Gasteiger partial charge in [-0.05, 0) is 11.8 Å². The summed E-state index contributed by atoms with van der Waals surface area (Å²) in [4.78, 5) is 0. The van der Waals surface area contributed by atoms with Gasteiger partial charge in [0.05, 0.1) is 6.61 Å². The quantitative estimate of drug-likeness (QED) is 0.625. The van der Waals surface area contributed by atoms with Crippen molar-refractivity contribution in [3.8, 4) is 0 Å². The Hall–Kier alpha value is 0.440. The van der Waals surface area contributed by atoms with E-state index in [0.29, 0.717) is 11.8 Å². The molecule has 0 aliphatic rings. The predicted octanol–water partition coefficient (Wildman–Crippen LogP) is 2.30. The second-order valence-electron chi connectivity index (χ2n) is 2.61. The van der Waals surface area contributed by atoms with Gasteiger partial charge in [-0.2, -0.15) is 0 Å². The number of alkyl halides is 1. The van der Waals surface area contributed by atoms with E-state index in [-0.39, 0.29) is 0 Å². The lowest BCUT2D eigenvalue weighted by atomic mass is 9.99. The third kappa shape index (κ3) is 3.93. The van der Waals surface area contributed by atoms with Crippen molar-refractivity contribution in [2.45, 2.75) is 13.8 Å². The lowest BCUT2D eigenvalue weighted by Gasteiger charge is -2.15. The molecule has 0 aliphatic heterocycles. The van der Waals surface area contributed by atoms with Crippen LogP contribution in [0.5, 0.6) is 0 Å². The van der Waals surface area contributed by atoms with Crippen LogP contribution in [-0.2, 0) is 4.74 Å². The Morgan fingerprint density at radius 2 is 2.00 bits per heavy atom. The number of hydrogen-bond donors (Lipinski definition) is 0. The van der Waals surface area contributed by atoms with Gasteiger partial charge >= 0.3 is 0 Å². The third-order valence-corrected chi connectivity index (χ3v) is 2.35. The molecule has 0 saturated heterocycles. The predicted molar refractivity (Wildman–Crippen MR) is 44.0 cm³/mol. The van der Waals surface area contributed by atoms with Gasteiger partial charge in [0.25, 0.3) is 0 Å². The highest BCUT2D eigenvalue weighted by atomic mass is 79.9. The van der Waals surface area contributed by atoms with Gasteiger partial charge in [0.15, 0.2) is 0 Å². The zero-order valence-electron chi connectivity index (χ0n) is 6.36. The van der Waals surface area contributed by atoms with Crippen LogP contribution in [0.1, 0.15) is 13.8 Å². The molecule has 0 radical (unpaired) electrons. The Morgan fingerprint density at radius 1 is 1.44 bits per heavy atom. The summed E-state index contributed by atoms with van der Waals surface area (Å²) in [5, 5.41) is 1.04. The topological polar surface area (TPSA) is 9.23 Å². The first kappa shape index (κ1) is 9.44. The third-order valence-electron chi connectivity index (χ3n) is 1.52. The van der Waals surface area contributed by atoms with E-state index in [2.05, 4.69) is 29.8 Å². The largest absolute Gasteiger partial charge is 0.384 e. The van der Waals surface area contributed by atoms with Crippen molar-refractivity contribution in [1.29, 1.82) is 0 Å². The minimum Gasteiger partial charge on any atom is -0.384 e. The molecule has 2 heteroatoms. The van der Waals surface area contributed by atoms with Crippen molar-refractivity contribution >= 4 is 15.9 Å². The standard InChI is InChI=1S/C7H15BrO/c1-6(2)7(4-8)5-9-3/h6-7H,4-5H2,1-3H3. The molecule has 9 heavy (non-hydrogen) atoms. The Morgan fingerprint density at radius 3 is 2.11 bits per heavy atom. The van der Waals surface area contributed by atoms with Crippen LogP contribution < -0.4 is 0 Å². The maximum atomic E-state index is 5.03. The van der Waals surface area contributed by atoms with Crippen LogP contribution in [0.15, 0.2) is 0 Å². The molecular weight excluding hydrogens is 180 g/mol. The summed E-state index contributed by atoms with van der Waals surface area (Å²) in [7, 11) is 1.75. The highest BCUT2D eigenvalue weighted by Crippen LogP contribution is 2.13. The zero-order chi connectivity index (χ0) is 7.28. The van der Waals surface area contributed by atoms with E-state index in [1.54, 1.807) is 7.11 Å². The van der Waals surface area contributed by atoms with Crippen LogP contribution in [0.2, 0.25) is 0 Å². The first-order valence-corrected chi connectivity index (χ1v) is 4.39. The smallest absolute Gasteiger partial charge is 0.0500 e. The molecule has 0 heterocycles. The summed E-state index contributed by atoms with van der Waals surface area (Å²) in [6.07, 6.45) is 0. The second-order valence-corrected chi connectivity index (χ2v) is 3.26. The van der Waals surface area contributed by atoms with Gasteiger partial charge in [0, 0.05) is 12.4 Å². The molecule has 0 N–H and O–H groups in total. The highest BCUT2D eigenvalue weighted by molar-refractivity contribution is 9.09. The molecule has 0 spiro atoms. The Bertz CT molecular complexity index is 63.9. The van der Waals surface area contributed by atoms with E-state index >= 15 is 0 Å². The van der Waals surface area contributed by atoms with Crippen molar-refractivity contribution in [3.05, 3.63) is 0 Å². The Labute approximate surface area is 65.9 Å². The van der Waals surface area contributed by atoms with E-state index in [9.17, 15) is 0 Å². The number of hydrogen-bond acceptors (Lipinski definition) is 1. The molecule has 0 aromatic carbocycles. The summed E-state index contributed by atoms with van der Waals surface area (Å²) < 4.78 is 5.03. The molecule has 0 aromatic rings. The van der Waals surface area contributed by atoms with Crippen LogP contribution in [0.4, 0.5) is 0 Å². The summed E-state index contributed by atoms with van der Waals surface area (Å²) in [6, 6.07) is 0. The lowest BCUT2D eigenvalue weighted by Crippen LogP contribution is -2.15. The summed E-state index contributed by atoms with van der Waals surface area (Å²) in [5.74, 6) is 1.37. The lowest BCUT2D eigenvalue weighted by molar-refractivity contribution is 0.141. The first-order valence-electron chi connectivity index (χ1n) is 3.27. The SMILES string of the molecule is COCC(CBr)C(C)C. The van der Waals surface area contributed by atoms with Crippen molar-refractivity contribution in [3.63, 3.8) is 0 Å². The number of methoxy groups -OCH3 is 1. The van der Waals surface area contributed by atoms with Crippen molar-refractivity contribution in [2.75, 3.05) is 19.0 Å². The van der Waals surface area contributed by atoms with Gasteiger partial charge < -0.3 is 4.74 Å². The molecular formula is C7H15BrO. The van der Waals surface area contributed by atoms with Gasteiger partial charge in [-0.25, -0.2) is 0 Å². The van der Waals surface area contributed by atoms with E-state index in [4.69, 9.17) is 4.74 Å². The molecule has 1 unspecified atom stereocenters. The molecule has 0 rings (SSSR count). The minimum atomic E-state index is 0.662. The zero-order valence-corrected chi connectivity index (χ0v) is 7.94. The van der Waals surface area contributed by atoms with Gasteiger partial charge in [-0.15, -0.1) is 0 Å². The molecule has 0 bridgehead atoms. The van der Waals surface area contributed by atoms with E-state index in [1.807, 2.05) is 0 Å². The van der Waals surface area contributed by atoms with Crippen molar-refractivity contribution < 1.29 is 4.74 Å². The van der Waals surface area contributed by atoms with Crippen molar-refractivity contribution in [2.24, 2.45) is 11.8 Å². The minimum absolute atomic E-state index is 0.662. The van der Waals surface area contributed by atoms with Gasteiger partial charge in [-0.1, -0.05) is 29.8 Å². The molecule has 0 fully saturated rings. The fourth-order valence-electron chi connectivity index (χ4n) is 0.629. The monoisotopic (exact) mass is 194 g/mol. The number of rotatable bonds is 4. The molecule has 56 valence electrons. The van der Waals surface area contributed by atoms with Gasteiger partial charge in [0.2, 0.25) is 0 Å². The first-order chi connectivity index (χ1) is 4.22. The normalized spacial score (nSPS) is 14.3. The van der Waals surface area contributed by atoms with Gasteiger partial charge in [0.1, 0.15) is 0 Å². The Balaban J connectivity index is 3.41. The number of ether oxygens (including phenoxy) is 1. The fraction of sp³-hybridized carbons (Fsp3) is 1.00. The fourth-order valence-corrected chi connectivity index (χ4v) is 1.56. The van der Waals surface area contributed by atoms with Crippen LogP contribution in [-0.4, -0.2) is 19.0 Å². The maximum Gasteiger partial charge on any atom is 0.0500 e. The number of halogens is 1. The van der Waals surface area contributed by atoms with Crippen LogP contribution in [0.3, 0.4) is 0 Å². The average Bonchev–Trinajstić information content (AvgIpc) is 1.82. The maximum absolute atomic E-state index is 5.03. The van der Waals surface area contributed by atoms with E-state index in [1.165, 1.54) is 0 Å². The van der Waals surface area contributed by atoms with E-state index in [0.717, 1.165) is 11.9 Å². The van der Waals surface area contributed by atoms with Crippen molar-refractivity contribution in [1.82, 2.24) is 0 Å². The molecule has 0 aromatic heterocycles. The average molecular weight is 195 g/mol. The van der Waals surface area contributed by atoms with Crippen LogP contribution in [0.25, 0.3) is 0 Å². The molecule has 1 nitrogen and oxygen atoms in total. The molecule has 1 atom stereocenters.